The normalized spacial score (nSPS) is 17.8. The van der Waals surface area contributed by atoms with Crippen LogP contribution in [0.25, 0.3) is 0 Å². The molecule has 2 aliphatic rings. The van der Waals surface area contributed by atoms with E-state index in [1.54, 1.807) is 24.5 Å². The maximum Gasteiger partial charge on any atom is 0.251 e. The lowest BCUT2D eigenvalue weighted by Crippen LogP contribution is -3.11. The van der Waals surface area contributed by atoms with E-state index in [9.17, 15) is 4.79 Å². The van der Waals surface area contributed by atoms with E-state index in [1.165, 1.54) is 17.7 Å². The molecule has 126 valence electrons. The van der Waals surface area contributed by atoms with Crippen LogP contribution in [0.15, 0.2) is 41.0 Å². The third-order valence-corrected chi connectivity index (χ3v) is 4.73. The van der Waals surface area contributed by atoms with Crippen LogP contribution in [-0.4, -0.2) is 32.3 Å². The highest BCUT2D eigenvalue weighted by Gasteiger charge is 2.30. The monoisotopic (exact) mass is 329 g/mol. The van der Waals surface area contributed by atoms with Crippen molar-refractivity contribution in [3.63, 3.8) is 0 Å². The predicted octanol–water partition coefficient (Wildman–Crippen LogP) is 1.16. The number of nitrogens with one attached hydrogen (secondary N) is 2. The fourth-order valence-electron chi connectivity index (χ4n) is 3.45. The van der Waals surface area contributed by atoms with Crippen molar-refractivity contribution in [3.8, 4) is 11.5 Å². The molecule has 1 fully saturated rings. The second-order valence-electron chi connectivity index (χ2n) is 6.21. The Morgan fingerprint density at radius 2 is 2.00 bits per heavy atom. The van der Waals surface area contributed by atoms with Gasteiger partial charge in [0, 0.05) is 18.4 Å². The topological polar surface area (TPSA) is 65.1 Å². The maximum absolute atomic E-state index is 12.5. The Labute approximate surface area is 140 Å². The summed E-state index contributed by atoms with van der Waals surface area (Å²) >= 11 is 0. The summed E-state index contributed by atoms with van der Waals surface area (Å²) < 4.78 is 16.2. The first-order valence-corrected chi connectivity index (χ1v) is 8.37. The summed E-state index contributed by atoms with van der Waals surface area (Å²) in [5, 5.41) is 3.04. The number of ether oxygens (including phenoxy) is 2. The number of carbonyl (C=O) groups excluding carboxylic acids is 1. The van der Waals surface area contributed by atoms with E-state index in [0.717, 1.165) is 18.8 Å². The van der Waals surface area contributed by atoms with Crippen molar-refractivity contribution in [3.05, 3.63) is 47.9 Å². The number of hydrogen-bond acceptors (Lipinski definition) is 4. The highest BCUT2D eigenvalue weighted by Crippen LogP contribution is 2.32. The van der Waals surface area contributed by atoms with E-state index in [4.69, 9.17) is 13.9 Å². The molecule has 0 spiro atoms. The zero-order chi connectivity index (χ0) is 16.4. The van der Waals surface area contributed by atoms with Gasteiger partial charge in [0.05, 0.1) is 25.9 Å². The Morgan fingerprint density at radius 3 is 2.79 bits per heavy atom. The zero-order valence-corrected chi connectivity index (χ0v) is 13.4. The van der Waals surface area contributed by atoms with E-state index in [2.05, 4.69) is 5.32 Å². The van der Waals surface area contributed by atoms with Crippen LogP contribution in [-0.2, 0) is 0 Å². The van der Waals surface area contributed by atoms with Gasteiger partial charge in [0.25, 0.3) is 5.91 Å². The Bertz CT molecular complexity index is 708. The van der Waals surface area contributed by atoms with Gasteiger partial charge >= 0.3 is 0 Å². The van der Waals surface area contributed by atoms with Crippen molar-refractivity contribution in [1.29, 1.82) is 0 Å². The number of likely N-dealkylation sites (tertiary alicyclic amines) is 1. The van der Waals surface area contributed by atoms with Crippen LogP contribution in [0.3, 0.4) is 0 Å². The van der Waals surface area contributed by atoms with Gasteiger partial charge < -0.3 is 24.1 Å². The molecule has 1 saturated heterocycles. The van der Waals surface area contributed by atoms with E-state index >= 15 is 0 Å². The lowest BCUT2D eigenvalue weighted by atomic mass is 10.1. The molecule has 6 heteroatoms. The summed E-state index contributed by atoms with van der Waals surface area (Å²) in [6, 6.07) is 9.30. The fraction of sp³-hybridized carbons (Fsp3) is 0.389. The number of hydrogen-bond donors (Lipinski definition) is 2. The van der Waals surface area contributed by atoms with E-state index in [1.807, 2.05) is 12.1 Å². The van der Waals surface area contributed by atoms with Crippen LogP contribution in [0, 0.1) is 0 Å². The minimum Gasteiger partial charge on any atom is -0.463 e. The largest absolute Gasteiger partial charge is 0.463 e. The number of fused-ring (bicyclic) bond motifs is 1. The molecule has 1 amide bonds. The maximum atomic E-state index is 12.5. The lowest BCUT2D eigenvalue weighted by molar-refractivity contribution is -0.919. The molecule has 0 aliphatic carbocycles. The molecule has 2 aliphatic heterocycles. The van der Waals surface area contributed by atoms with Crippen LogP contribution in [0.1, 0.15) is 35.0 Å². The van der Waals surface area contributed by atoms with Crippen molar-refractivity contribution in [1.82, 2.24) is 5.32 Å². The molecule has 0 unspecified atom stereocenters. The average molecular weight is 329 g/mol. The van der Waals surface area contributed by atoms with E-state index in [-0.39, 0.29) is 18.7 Å². The number of quaternary nitrogens is 1. The molecule has 2 N–H and O–H groups in total. The first kappa shape index (κ1) is 15.1. The minimum atomic E-state index is -0.108. The molecular weight excluding hydrogens is 308 g/mol. The fourth-order valence-corrected chi connectivity index (χ4v) is 3.45. The van der Waals surface area contributed by atoms with Gasteiger partial charge in [-0.05, 0) is 30.3 Å². The van der Waals surface area contributed by atoms with Crippen LogP contribution >= 0.6 is 0 Å². The number of benzene rings is 1. The quantitative estimate of drug-likeness (QED) is 0.864. The van der Waals surface area contributed by atoms with Gasteiger partial charge in [-0.25, -0.2) is 0 Å². The standard InChI is InChI=1S/C18H20N2O4/c21-18(13-5-6-16-17(10-13)24-12-23-16)19-11-14(15-4-3-9-22-15)20-7-1-2-8-20/h3-6,9-10,14H,1-2,7-8,11-12H2,(H,19,21)/p+1/t14-/m1/s1. The molecule has 2 aromatic rings. The molecule has 1 aromatic heterocycles. The minimum absolute atomic E-state index is 0.108. The molecule has 1 aromatic carbocycles. The summed E-state index contributed by atoms with van der Waals surface area (Å²) in [7, 11) is 0. The summed E-state index contributed by atoms with van der Waals surface area (Å²) in [6.07, 6.45) is 4.14. The van der Waals surface area contributed by atoms with Crippen LogP contribution in [0.4, 0.5) is 0 Å². The molecule has 4 rings (SSSR count). The van der Waals surface area contributed by atoms with Crippen LogP contribution < -0.4 is 19.7 Å². The highest BCUT2D eigenvalue weighted by atomic mass is 16.7. The van der Waals surface area contributed by atoms with Gasteiger partial charge in [0.15, 0.2) is 23.3 Å². The second kappa shape index (κ2) is 6.57. The summed E-state index contributed by atoms with van der Waals surface area (Å²) in [4.78, 5) is 14.0. The third-order valence-electron chi connectivity index (χ3n) is 4.73. The Kier molecular flexibility index (Phi) is 4.13. The Balaban J connectivity index is 1.44. The second-order valence-corrected chi connectivity index (χ2v) is 6.21. The average Bonchev–Trinajstić information content (AvgIpc) is 3.36. The molecule has 24 heavy (non-hydrogen) atoms. The summed E-state index contributed by atoms with van der Waals surface area (Å²) in [6.45, 7) is 2.99. The number of rotatable bonds is 5. The zero-order valence-electron chi connectivity index (χ0n) is 13.4. The molecular formula is C18H21N2O4+. The molecule has 3 heterocycles. The lowest BCUT2D eigenvalue weighted by Gasteiger charge is -2.23. The van der Waals surface area contributed by atoms with Gasteiger partial charge in [-0.15, -0.1) is 0 Å². The van der Waals surface area contributed by atoms with Gasteiger partial charge in [-0.2, -0.15) is 0 Å². The van der Waals surface area contributed by atoms with Gasteiger partial charge in [0.2, 0.25) is 6.79 Å². The molecule has 1 atom stereocenters. The van der Waals surface area contributed by atoms with E-state index in [0.29, 0.717) is 23.6 Å². The van der Waals surface area contributed by atoms with Gasteiger partial charge in [-0.1, -0.05) is 0 Å². The van der Waals surface area contributed by atoms with Crippen LogP contribution in [0.2, 0.25) is 0 Å². The number of amides is 1. The van der Waals surface area contributed by atoms with Crippen molar-refractivity contribution < 1.29 is 23.6 Å². The Morgan fingerprint density at radius 1 is 1.17 bits per heavy atom. The predicted molar refractivity (Wildman–Crippen MR) is 86.3 cm³/mol. The smallest absolute Gasteiger partial charge is 0.251 e. The summed E-state index contributed by atoms with van der Waals surface area (Å²) in [5.74, 6) is 2.12. The number of carbonyl (C=O) groups is 1. The van der Waals surface area contributed by atoms with Crippen LogP contribution in [0.5, 0.6) is 11.5 Å². The first-order valence-electron chi connectivity index (χ1n) is 8.37. The SMILES string of the molecule is O=C(NC[C@H](c1ccco1)[NH+]1CCCC1)c1ccc2c(c1)OCO2. The third kappa shape index (κ3) is 2.97. The number of furan rings is 1. The molecule has 0 saturated carbocycles. The van der Waals surface area contributed by atoms with Gasteiger partial charge in [-0.3, -0.25) is 4.79 Å². The molecule has 0 bridgehead atoms. The van der Waals surface area contributed by atoms with Crippen molar-refractivity contribution in [2.75, 3.05) is 26.4 Å². The van der Waals surface area contributed by atoms with Crippen molar-refractivity contribution in [2.24, 2.45) is 0 Å². The van der Waals surface area contributed by atoms with Crippen molar-refractivity contribution in [2.45, 2.75) is 18.9 Å². The highest BCUT2D eigenvalue weighted by molar-refractivity contribution is 5.94. The first-order chi connectivity index (χ1) is 11.8. The Hall–Kier alpha value is -2.47. The molecule has 0 radical (unpaired) electrons. The van der Waals surface area contributed by atoms with Crippen molar-refractivity contribution >= 4 is 5.91 Å². The van der Waals surface area contributed by atoms with E-state index < -0.39 is 0 Å². The van der Waals surface area contributed by atoms with Gasteiger partial charge in [0.1, 0.15) is 0 Å². The summed E-state index contributed by atoms with van der Waals surface area (Å²) in [5.41, 5.74) is 0.578. The molecule has 6 nitrogen and oxygen atoms in total.